The second kappa shape index (κ2) is 5.94. The van der Waals surface area contributed by atoms with Crippen LogP contribution in [0, 0.1) is 0 Å². The van der Waals surface area contributed by atoms with E-state index in [-0.39, 0.29) is 18.7 Å². The predicted molar refractivity (Wildman–Crippen MR) is 93.1 cm³/mol. The maximum atomic E-state index is 12.1. The number of nitrogens with zero attached hydrogens (tertiary/aromatic N) is 2. The lowest BCUT2D eigenvalue weighted by molar-refractivity contribution is -0.130. The highest BCUT2D eigenvalue weighted by Crippen LogP contribution is 2.39. The van der Waals surface area contributed by atoms with E-state index in [2.05, 4.69) is 21.0 Å². The molecule has 6 heteroatoms. The van der Waals surface area contributed by atoms with Crippen LogP contribution in [0.4, 0.5) is 0 Å². The molecule has 0 aromatic heterocycles. The molecule has 0 radical (unpaired) electrons. The first-order valence-corrected chi connectivity index (χ1v) is 8.44. The van der Waals surface area contributed by atoms with Crippen molar-refractivity contribution in [3.63, 3.8) is 0 Å². The Balaban J connectivity index is 1.68. The molecular weight excluding hydrogens is 372 g/mol. The highest BCUT2D eigenvalue weighted by molar-refractivity contribution is 9.10. The number of amides is 1. The van der Waals surface area contributed by atoms with Crippen molar-refractivity contribution < 1.29 is 14.3 Å². The van der Waals surface area contributed by atoms with Gasteiger partial charge in [-0.1, -0.05) is 34.1 Å². The summed E-state index contributed by atoms with van der Waals surface area (Å²) in [7, 11) is 0. The standard InChI is InChI=1S/C18H15BrN2O3/c1-11(22)21-16(13-5-6-17-18(8-13)24-10-23-17)9-15(20-21)12-3-2-4-14(19)7-12/h2-8,16H,9-10H2,1H3/t16-/m0/s1. The predicted octanol–water partition coefficient (Wildman–Crippen LogP) is 3.88. The van der Waals surface area contributed by atoms with Gasteiger partial charge in [0.05, 0.1) is 11.8 Å². The number of carbonyl (C=O) groups excluding carboxylic acids is 1. The molecule has 0 aliphatic carbocycles. The Bertz CT molecular complexity index is 850. The third kappa shape index (κ3) is 2.67. The highest BCUT2D eigenvalue weighted by Gasteiger charge is 2.32. The van der Waals surface area contributed by atoms with Crippen molar-refractivity contribution in [3.8, 4) is 11.5 Å². The fraction of sp³-hybridized carbons (Fsp3) is 0.222. The number of benzene rings is 2. The third-order valence-corrected chi connectivity index (χ3v) is 4.67. The van der Waals surface area contributed by atoms with E-state index in [9.17, 15) is 4.79 Å². The van der Waals surface area contributed by atoms with Crippen molar-refractivity contribution in [1.29, 1.82) is 0 Å². The van der Waals surface area contributed by atoms with Gasteiger partial charge in [-0.05, 0) is 35.4 Å². The van der Waals surface area contributed by atoms with Crippen molar-refractivity contribution in [3.05, 3.63) is 58.1 Å². The quantitative estimate of drug-likeness (QED) is 0.786. The van der Waals surface area contributed by atoms with Crippen LogP contribution in [0.1, 0.15) is 30.5 Å². The molecule has 0 bridgehead atoms. The van der Waals surface area contributed by atoms with Crippen molar-refractivity contribution in [2.75, 3.05) is 6.79 Å². The summed E-state index contributed by atoms with van der Waals surface area (Å²) < 4.78 is 11.8. The lowest BCUT2D eigenvalue weighted by Crippen LogP contribution is -2.24. The zero-order valence-electron chi connectivity index (χ0n) is 13.0. The number of hydrogen-bond acceptors (Lipinski definition) is 4. The van der Waals surface area contributed by atoms with Gasteiger partial charge in [0.2, 0.25) is 12.7 Å². The van der Waals surface area contributed by atoms with Crippen molar-refractivity contribution in [2.24, 2.45) is 5.10 Å². The second-order valence-electron chi connectivity index (χ2n) is 5.75. The number of fused-ring (bicyclic) bond motifs is 1. The molecular formula is C18H15BrN2O3. The van der Waals surface area contributed by atoms with Gasteiger partial charge in [0.25, 0.3) is 0 Å². The van der Waals surface area contributed by atoms with Crippen molar-refractivity contribution >= 4 is 27.5 Å². The monoisotopic (exact) mass is 386 g/mol. The van der Waals surface area contributed by atoms with Crippen LogP contribution in [0.2, 0.25) is 0 Å². The number of hydrazone groups is 1. The Hall–Kier alpha value is -2.34. The van der Waals surface area contributed by atoms with Crippen LogP contribution in [0.3, 0.4) is 0 Å². The summed E-state index contributed by atoms with van der Waals surface area (Å²) >= 11 is 3.48. The van der Waals surface area contributed by atoms with Gasteiger partial charge in [-0.25, -0.2) is 5.01 Å². The van der Waals surface area contributed by atoms with Crippen LogP contribution in [0.25, 0.3) is 0 Å². The second-order valence-corrected chi connectivity index (χ2v) is 6.67. The van der Waals surface area contributed by atoms with Gasteiger partial charge < -0.3 is 9.47 Å². The fourth-order valence-corrected chi connectivity index (χ4v) is 3.42. The van der Waals surface area contributed by atoms with Gasteiger partial charge in [-0.15, -0.1) is 0 Å². The summed E-state index contributed by atoms with van der Waals surface area (Å²) in [6.45, 7) is 1.77. The van der Waals surface area contributed by atoms with Gasteiger partial charge in [0, 0.05) is 17.8 Å². The number of ether oxygens (including phenoxy) is 2. The summed E-state index contributed by atoms with van der Waals surface area (Å²) in [6, 6.07) is 13.6. The Labute approximate surface area is 148 Å². The normalized spacial score (nSPS) is 18.7. The minimum Gasteiger partial charge on any atom is -0.454 e. The van der Waals surface area contributed by atoms with E-state index in [1.165, 1.54) is 6.92 Å². The average Bonchev–Trinajstić information content (AvgIpc) is 3.21. The SMILES string of the molecule is CC(=O)N1N=C(c2cccc(Br)c2)C[C@H]1c1ccc2c(c1)OCO2. The van der Waals surface area contributed by atoms with Crippen molar-refractivity contribution in [2.45, 2.75) is 19.4 Å². The van der Waals surface area contributed by atoms with Crippen LogP contribution >= 0.6 is 15.9 Å². The molecule has 4 rings (SSSR count). The lowest BCUT2D eigenvalue weighted by Gasteiger charge is -2.20. The molecule has 122 valence electrons. The smallest absolute Gasteiger partial charge is 0.240 e. The van der Waals surface area contributed by atoms with Crippen LogP contribution < -0.4 is 9.47 Å². The van der Waals surface area contributed by atoms with E-state index in [0.29, 0.717) is 12.2 Å². The van der Waals surface area contributed by atoms with Crippen LogP contribution in [0.5, 0.6) is 11.5 Å². The van der Waals surface area contributed by atoms with Gasteiger partial charge in [-0.3, -0.25) is 4.79 Å². The summed E-state index contributed by atoms with van der Waals surface area (Å²) in [5.74, 6) is 1.37. The molecule has 2 aliphatic rings. The van der Waals surface area contributed by atoms with E-state index in [4.69, 9.17) is 9.47 Å². The first kappa shape index (κ1) is 15.2. The summed E-state index contributed by atoms with van der Waals surface area (Å²) in [5, 5.41) is 6.11. The molecule has 0 unspecified atom stereocenters. The maximum Gasteiger partial charge on any atom is 0.240 e. The number of carbonyl (C=O) groups is 1. The first-order chi connectivity index (χ1) is 11.6. The third-order valence-electron chi connectivity index (χ3n) is 4.17. The number of rotatable bonds is 2. The number of hydrogen-bond donors (Lipinski definition) is 0. The molecule has 2 heterocycles. The van der Waals surface area contributed by atoms with Gasteiger partial charge in [-0.2, -0.15) is 5.10 Å². The molecule has 0 N–H and O–H groups in total. The molecule has 5 nitrogen and oxygen atoms in total. The lowest BCUT2D eigenvalue weighted by atomic mass is 9.98. The molecule has 1 atom stereocenters. The molecule has 0 saturated carbocycles. The zero-order chi connectivity index (χ0) is 16.7. The minimum absolute atomic E-state index is 0.0809. The van der Waals surface area contributed by atoms with E-state index < -0.39 is 0 Å². The Morgan fingerprint density at radius 1 is 1.21 bits per heavy atom. The van der Waals surface area contributed by atoms with Gasteiger partial charge in [0.1, 0.15) is 0 Å². The molecule has 0 fully saturated rings. The van der Waals surface area contributed by atoms with E-state index in [1.54, 1.807) is 5.01 Å². The van der Waals surface area contributed by atoms with Crippen LogP contribution in [0.15, 0.2) is 52.0 Å². The summed E-state index contributed by atoms with van der Waals surface area (Å²) in [5.41, 5.74) is 2.90. The topological polar surface area (TPSA) is 51.1 Å². The van der Waals surface area contributed by atoms with E-state index in [0.717, 1.165) is 27.1 Å². The highest BCUT2D eigenvalue weighted by atomic mass is 79.9. The van der Waals surface area contributed by atoms with E-state index in [1.807, 2.05) is 42.5 Å². The molecule has 2 aromatic rings. The molecule has 0 spiro atoms. The molecule has 0 saturated heterocycles. The average molecular weight is 387 g/mol. The Kier molecular flexibility index (Phi) is 3.76. The van der Waals surface area contributed by atoms with Crippen LogP contribution in [-0.2, 0) is 4.79 Å². The summed E-state index contributed by atoms with van der Waals surface area (Å²) in [6.07, 6.45) is 0.662. The summed E-state index contributed by atoms with van der Waals surface area (Å²) in [4.78, 5) is 12.1. The van der Waals surface area contributed by atoms with Crippen LogP contribution in [-0.4, -0.2) is 23.4 Å². The zero-order valence-corrected chi connectivity index (χ0v) is 14.6. The number of halogens is 1. The van der Waals surface area contributed by atoms with Gasteiger partial charge in [0.15, 0.2) is 11.5 Å². The van der Waals surface area contributed by atoms with Gasteiger partial charge >= 0.3 is 0 Å². The minimum atomic E-state index is -0.133. The molecule has 1 amide bonds. The first-order valence-electron chi connectivity index (χ1n) is 7.64. The van der Waals surface area contributed by atoms with E-state index >= 15 is 0 Å². The maximum absolute atomic E-state index is 12.1. The molecule has 2 aliphatic heterocycles. The van der Waals surface area contributed by atoms with Crippen molar-refractivity contribution in [1.82, 2.24) is 5.01 Å². The largest absolute Gasteiger partial charge is 0.454 e. The fourth-order valence-electron chi connectivity index (χ4n) is 3.02. The Morgan fingerprint density at radius 3 is 2.83 bits per heavy atom. The molecule has 24 heavy (non-hydrogen) atoms. The molecule has 2 aromatic carbocycles. The Morgan fingerprint density at radius 2 is 2.04 bits per heavy atom.